The molecule has 0 amide bonds. The average molecular weight is 266 g/mol. The summed E-state index contributed by atoms with van der Waals surface area (Å²) in [5.41, 5.74) is 0. The fourth-order valence-electron chi connectivity index (χ4n) is 0.955. The molecule has 3 nitrogen and oxygen atoms in total. The Bertz CT molecular complexity index is 289. The molecule has 0 bridgehead atoms. The topological polar surface area (TPSA) is 26.3 Å². The van der Waals surface area contributed by atoms with Crippen LogP contribution in [0.25, 0.3) is 0 Å². The average Bonchev–Trinajstić information content (AvgIpc) is 2.11. The van der Waals surface area contributed by atoms with Crippen molar-refractivity contribution in [3.8, 4) is 12.3 Å². The zero-order chi connectivity index (χ0) is 11.9. The van der Waals surface area contributed by atoms with Crippen LogP contribution in [0.5, 0.6) is 0 Å². The van der Waals surface area contributed by atoms with Gasteiger partial charge in [0.15, 0.2) is 13.2 Å². The van der Waals surface area contributed by atoms with Gasteiger partial charge in [0.05, 0.1) is 20.6 Å². The molecule has 0 spiro atoms. The van der Waals surface area contributed by atoms with Crippen molar-refractivity contribution in [2.24, 2.45) is 0 Å². The Kier molecular flexibility index (Phi) is 9.36. The van der Waals surface area contributed by atoms with Gasteiger partial charge in [0.2, 0.25) is 0 Å². The van der Waals surface area contributed by atoms with E-state index in [0.29, 0.717) is 11.0 Å². The number of ether oxygens (including phenoxy) is 1. The van der Waals surface area contributed by atoms with E-state index in [1.807, 2.05) is 20.2 Å². The van der Waals surface area contributed by atoms with Gasteiger partial charge in [-0.1, -0.05) is 17.5 Å². The zero-order valence-corrected chi connectivity index (χ0v) is 11.3. The summed E-state index contributed by atoms with van der Waals surface area (Å²) >= 11 is 5.71. The molecule has 0 aliphatic heterocycles. The van der Waals surface area contributed by atoms with Gasteiger partial charge in [0, 0.05) is 5.03 Å². The first kappa shape index (κ1) is 17.7. The van der Waals surface area contributed by atoms with E-state index in [-0.39, 0.29) is 31.5 Å². The van der Waals surface area contributed by atoms with E-state index in [9.17, 15) is 4.79 Å². The maximum atomic E-state index is 11.3. The first-order valence-electron chi connectivity index (χ1n) is 4.61. The van der Waals surface area contributed by atoms with Crippen molar-refractivity contribution >= 4 is 17.6 Å². The second kappa shape index (κ2) is 8.46. The molecule has 0 unspecified atom stereocenters. The van der Waals surface area contributed by atoms with Crippen LogP contribution in [0.3, 0.4) is 0 Å². The number of rotatable bonds is 5. The summed E-state index contributed by atoms with van der Waals surface area (Å²) < 4.78 is 5.28. The number of carbonyl (C=O) groups excluding carboxylic acids is 1. The normalized spacial score (nSPS) is 11.3. The molecule has 16 heavy (non-hydrogen) atoms. The fourth-order valence-corrected chi connectivity index (χ4v) is 1.02. The third-order valence-corrected chi connectivity index (χ3v) is 1.89. The van der Waals surface area contributed by atoms with Crippen molar-refractivity contribution in [3.05, 3.63) is 11.1 Å². The first-order valence-corrected chi connectivity index (χ1v) is 4.98. The van der Waals surface area contributed by atoms with Crippen LogP contribution in [-0.2, 0) is 9.53 Å². The number of halogens is 2. The molecule has 5 heteroatoms. The minimum absolute atomic E-state index is 0. The number of likely N-dealkylation sites (N-methyl/N-ethyl adjacent to an activating group) is 1. The maximum absolute atomic E-state index is 11.3. The van der Waals surface area contributed by atoms with Crippen LogP contribution >= 0.6 is 11.6 Å². The molecule has 0 aromatic heterocycles. The van der Waals surface area contributed by atoms with Gasteiger partial charge < -0.3 is 21.6 Å². The molecule has 0 aliphatic carbocycles. The van der Waals surface area contributed by atoms with Crippen molar-refractivity contribution in [2.45, 2.75) is 6.92 Å². The summed E-state index contributed by atoms with van der Waals surface area (Å²) in [6, 6.07) is 0. The lowest BCUT2D eigenvalue weighted by Crippen LogP contribution is -3.00. The van der Waals surface area contributed by atoms with Crippen LogP contribution in [0.4, 0.5) is 0 Å². The molecule has 0 saturated heterocycles. The van der Waals surface area contributed by atoms with E-state index < -0.39 is 0 Å². The Morgan fingerprint density at radius 1 is 1.56 bits per heavy atom. The van der Waals surface area contributed by atoms with Gasteiger partial charge in [-0.15, -0.1) is 6.42 Å². The number of carbonyl (C=O) groups is 1. The lowest BCUT2D eigenvalue weighted by atomic mass is 10.4. The molecular formula is C11H17Cl2NO2. The highest BCUT2D eigenvalue weighted by molar-refractivity contribution is 6.29. The lowest BCUT2D eigenvalue weighted by Gasteiger charge is -2.26. The molecule has 0 fully saturated rings. The van der Waals surface area contributed by atoms with E-state index in [1.54, 1.807) is 6.92 Å². The quantitative estimate of drug-likeness (QED) is 0.340. The van der Waals surface area contributed by atoms with E-state index >= 15 is 0 Å². The van der Waals surface area contributed by atoms with E-state index in [2.05, 4.69) is 5.92 Å². The fraction of sp³-hybridized carbons (Fsp3) is 0.545. The van der Waals surface area contributed by atoms with Crippen LogP contribution in [-0.4, -0.2) is 44.2 Å². The standard InChI is InChI=1S/C11H17ClNO2.ClH/c1-5-8-15-11(14)9-13(3,4)7-6-10(2)12;/h1,6H,7-9H2,2-4H3;1H/q+1;/p-1/b10-6-;. The SMILES string of the molecule is C#CCOC(=O)C[N+](C)(C)C/C=C(/C)Cl.[Cl-]. The monoisotopic (exact) mass is 265 g/mol. The molecule has 0 aromatic rings. The van der Waals surface area contributed by atoms with Gasteiger partial charge in [-0.05, 0) is 13.0 Å². The van der Waals surface area contributed by atoms with Crippen molar-refractivity contribution in [2.75, 3.05) is 33.8 Å². The lowest BCUT2D eigenvalue weighted by molar-refractivity contribution is -0.877. The number of terminal acetylenes is 1. The van der Waals surface area contributed by atoms with Gasteiger partial charge in [-0.3, -0.25) is 0 Å². The number of hydrogen-bond acceptors (Lipinski definition) is 2. The molecular weight excluding hydrogens is 249 g/mol. The Morgan fingerprint density at radius 3 is 2.56 bits per heavy atom. The third-order valence-electron chi connectivity index (χ3n) is 1.74. The molecule has 0 saturated carbocycles. The number of esters is 1. The Hall–Kier alpha value is -0.690. The Morgan fingerprint density at radius 2 is 2.12 bits per heavy atom. The van der Waals surface area contributed by atoms with E-state index in [4.69, 9.17) is 22.8 Å². The highest BCUT2D eigenvalue weighted by Crippen LogP contribution is 2.03. The summed E-state index contributed by atoms with van der Waals surface area (Å²) in [7, 11) is 3.85. The van der Waals surface area contributed by atoms with Crippen LogP contribution < -0.4 is 12.4 Å². The van der Waals surface area contributed by atoms with Crippen LogP contribution in [0, 0.1) is 12.3 Å². The van der Waals surface area contributed by atoms with Crippen molar-refractivity contribution < 1.29 is 26.4 Å². The maximum Gasteiger partial charge on any atom is 0.362 e. The number of allylic oxidation sites excluding steroid dienone is 1. The summed E-state index contributed by atoms with van der Waals surface area (Å²) in [6.45, 7) is 2.80. The molecule has 0 aliphatic rings. The second-order valence-corrected chi connectivity index (χ2v) is 4.53. The van der Waals surface area contributed by atoms with Gasteiger partial charge in [-0.25, -0.2) is 4.79 Å². The van der Waals surface area contributed by atoms with Crippen molar-refractivity contribution in [1.82, 2.24) is 0 Å². The molecule has 0 atom stereocenters. The van der Waals surface area contributed by atoms with Gasteiger partial charge in [-0.2, -0.15) is 0 Å². The summed E-state index contributed by atoms with van der Waals surface area (Å²) in [6.07, 6.45) is 6.85. The highest BCUT2D eigenvalue weighted by atomic mass is 35.5. The largest absolute Gasteiger partial charge is 1.00 e. The Balaban J connectivity index is 0. The van der Waals surface area contributed by atoms with Gasteiger partial charge in [0.1, 0.15) is 0 Å². The molecule has 0 N–H and O–H groups in total. The van der Waals surface area contributed by atoms with Crippen LogP contribution in [0.2, 0.25) is 0 Å². The van der Waals surface area contributed by atoms with Crippen molar-refractivity contribution in [1.29, 1.82) is 0 Å². The molecule has 92 valence electrons. The molecule has 0 aromatic carbocycles. The minimum atomic E-state index is -0.293. The zero-order valence-electron chi connectivity index (χ0n) is 9.80. The summed E-state index contributed by atoms with van der Waals surface area (Å²) in [5, 5.41) is 0.721. The number of hydrogen-bond donors (Lipinski definition) is 0. The Labute approximate surface area is 108 Å². The first-order chi connectivity index (χ1) is 6.87. The van der Waals surface area contributed by atoms with Gasteiger partial charge >= 0.3 is 5.97 Å². The highest BCUT2D eigenvalue weighted by Gasteiger charge is 2.19. The molecule has 0 radical (unpaired) electrons. The molecule has 0 rings (SSSR count). The van der Waals surface area contributed by atoms with Crippen molar-refractivity contribution in [3.63, 3.8) is 0 Å². The predicted octanol–water partition coefficient (Wildman–Crippen LogP) is -1.61. The van der Waals surface area contributed by atoms with Crippen LogP contribution in [0.15, 0.2) is 11.1 Å². The second-order valence-electron chi connectivity index (χ2n) is 3.93. The number of nitrogens with zero attached hydrogens (tertiary/aromatic N) is 1. The third kappa shape index (κ3) is 9.85. The summed E-state index contributed by atoms with van der Waals surface area (Å²) in [4.78, 5) is 11.3. The van der Waals surface area contributed by atoms with E-state index in [1.165, 1.54) is 0 Å². The minimum Gasteiger partial charge on any atom is -1.00 e. The van der Waals surface area contributed by atoms with Crippen LogP contribution in [0.1, 0.15) is 6.92 Å². The smallest absolute Gasteiger partial charge is 0.362 e. The van der Waals surface area contributed by atoms with Gasteiger partial charge in [0.25, 0.3) is 0 Å². The molecule has 0 heterocycles. The number of quaternary nitrogens is 1. The van der Waals surface area contributed by atoms with E-state index in [0.717, 1.165) is 5.03 Å². The summed E-state index contributed by atoms with van der Waals surface area (Å²) in [5.74, 6) is 1.96. The predicted molar refractivity (Wildman–Crippen MR) is 61.2 cm³/mol.